The molecule has 0 spiro atoms. The van der Waals surface area contributed by atoms with E-state index in [-0.39, 0.29) is 51.0 Å². The predicted molar refractivity (Wildman–Crippen MR) is 180 cm³/mol. The van der Waals surface area contributed by atoms with Crippen LogP contribution in [0, 0.1) is 56.7 Å². The van der Waals surface area contributed by atoms with E-state index in [4.69, 9.17) is 9.47 Å². The van der Waals surface area contributed by atoms with Crippen LogP contribution in [0.5, 0.6) is 11.5 Å². The molecule has 1 aromatic rings. The second kappa shape index (κ2) is 10.9. The first-order valence-electron chi connectivity index (χ1n) is 17.6. The topological polar surface area (TPSA) is 76.0 Å². The number of hydrogen-bond donors (Lipinski definition) is 2. The number of fused-ring (bicyclic) bond motifs is 7. The summed E-state index contributed by atoms with van der Waals surface area (Å²) in [7, 11) is 1.51. The number of phenols is 1. The van der Waals surface area contributed by atoms with Crippen molar-refractivity contribution < 1.29 is 24.5 Å². The number of rotatable bonds is 5. The number of aliphatic hydroxyl groups is 1. The standard InChI is InChI=1S/C40H58O5/c1-24(2)26-16-19-38(6)32(42)23-40(8)27(35(26)38)12-14-31-37(5)20-18-33(36(3,4)30(37)17-21-39(31,40)7)45-34(43)15-11-25-10-13-28(41)29(22-25)44-9/h10-11,13,15,22,26-27,30-33,35,41-42H,1,12,14,16-21,23H2,2-9H3/t26-,27?,30-,31+,32+,33+,35-,37-,38+,39-,40-/m1/s1. The maximum Gasteiger partial charge on any atom is 0.331 e. The van der Waals surface area contributed by atoms with Crippen LogP contribution in [-0.4, -0.2) is 35.5 Å². The molecule has 5 aliphatic carbocycles. The lowest BCUT2D eigenvalue weighted by Crippen LogP contribution is -2.68. The van der Waals surface area contributed by atoms with Crippen LogP contribution in [0.25, 0.3) is 6.08 Å². The van der Waals surface area contributed by atoms with Gasteiger partial charge in [0.2, 0.25) is 0 Å². The third-order valence-corrected chi connectivity index (χ3v) is 15.4. The highest BCUT2D eigenvalue weighted by molar-refractivity contribution is 5.87. The Morgan fingerprint density at radius 1 is 0.933 bits per heavy atom. The Labute approximate surface area is 271 Å². The molecule has 1 unspecified atom stereocenters. The maximum atomic E-state index is 13.1. The normalized spacial score (nSPS) is 45.1. The number of ether oxygens (including phenoxy) is 2. The number of carbonyl (C=O) groups excluding carboxylic acids is 1. The van der Waals surface area contributed by atoms with Crippen molar-refractivity contribution >= 4 is 12.0 Å². The van der Waals surface area contributed by atoms with E-state index in [1.54, 1.807) is 24.3 Å². The highest BCUT2D eigenvalue weighted by Gasteiger charge is 2.72. The number of aromatic hydroxyl groups is 1. The van der Waals surface area contributed by atoms with Crippen LogP contribution in [0.4, 0.5) is 0 Å². The van der Waals surface area contributed by atoms with Crippen LogP contribution in [0.1, 0.15) is 112 Å². The van der Waals surface area contributed by atoms with Gasteiger partial charge in [-0.1, -0.05) is 59.8 Å². The molecule has 5 fully saturated rings. The van der Waals surface area contributed by atoms with E-state index in [1.165, 1.54) is 44.4 Å². The average molecular weight is 619 g/mol. The molecule has 0 bridgehead atoms. The van der Waals surface area contributed by atoms with Crippen LogP contribution in [0.15, 0.2) is 36.4 Å². The zero-order valence-electron chi connectivity index (χ0n) is 29.1. The molecule has 0 radical (unpaired) electrons. The van der Waals surface area contributed by atoms with Crippen molar-refractivity contribution in [2.45, 2.75) is 118 Å². The van der Waals surface area contributed by atoms with Gasteiger partial charge in [-0.25, -0.2) is 4.79 Å². The van der Waals surface area contributed by atoms with Gasteiger partial charge in [0.05, 0.1) is 13.2 Å². The van der Waals surface area contributed by atoms with Gasteiger partial charge >= 0.3 is 5.97 Å². The van der Waals surface area contributed by atoms with E-state index in [9.17, 15) is 15.0 Å². The first-order chi connectivity index (χ1) is 21.0. The SMILES string of the molecule is C=C(C)[C@H]1CC[C@@]2(C)[C@@H](O)C[C@]3(C)C(CC[C@H]4[C@]5(C)CC[C@H](OC(=O)C=Cc6ccc(O)c(OC)c6)C(C)(C)[C@H]5CC[C@]43C)[C@@H]12. The van der Waals surface area contributed by atoms with Gasteiger partial charge in [0.15, 0.2) is 11.5 Å². The molecular formula is C40H58O5. The first kappa shape index (κ1) is 32.7. The molecule has 0 heterocycles. The fourth-order valence-electron chi connectivity index (χ4n) is 12.8. The fourth-order valence-corrected chi connectivity index (χ4v) is 12.8. The van der Waals surface area contributed by atoms with Gasteiger partial charge in [0, 0.05) is 11.5 Å². The Morgan fingerprint density at radius 3 is 2.33 bits per heavy atom. The molecule has 5 saturated carbocycles. The molecule has 1 aromatic carbocycles. The number of esters is 1. The summed E-state index contributed by atoms with van der Waals surface area (Å²) in [6.45, 7) is 21.5. The summed E-state index contributed by atoms with van der Waals surface area (Å²) < 4.78 is 11.4. The Balaban J connectivity index is 1.23. The number of benzene rings is 1. The molecule has 0 aliphatic heterocycles. The summed E-state index contributed by atoms with van der Waals surface area (Å²) >= 11 is 0. The summed E-state index contributed by atoms with van der Waals surface area (Å²) in [4.78, 5) is 13.1. The third kappa shape index (κ3) is 4.67. The van der Waals surface area contributed by atoms with Crippen LogP contribution < -0.4 is 4.74 Å². The molecule has 5 nitrogen and oxygen atoms in total. The summed E-state index contributed by atoms with van der Waals surface area (Å²) in [5.74, 6) is 2.86. The number of aliphatic hydroxyl groups excluding tert-OH is 1. The molecule has 0 amide bonds. The number of hydrogen-bond acceptors (Lipinski definition) is 5. The van der Waals surface area contributed by atoms with E-state index in [0.29, 0.717) is 35.3 Å². The van der Waals surface area contributed by atoms with Crippen molar-refractivity contribution in [2.75, 3.05) is 7.11 Å². The van der Waals surface area contributed by atoms with Gasteiger partial charge < -0.3 is 19.7 Å². The van der Waals surface area contributed by atoms with Gasteiger partial charge in [-0.15, -0.1) is 0 Å². The smallest absolute Gasteiger partial charge is 0.331 e. The average Bonchev–Trinajstić information content (AvgIpc) is 3.34. The minimum Gasteiger partial charge on any atom is -0.504 e. The lowest BCUT2D eigenvalue weighted by Gasteiger charge is -2.73. The summed E-state index contributed by atoms with van der Waals surface area (Å²) in [5.41, 5.74) is 2.38. The molecule has 5 heteroatoms. The maximum absolute atomic E-state index is 13.1. The second-order valence-corrected chi connectivity index (χ2v) is 17.5. The molecule has 11 atom stereocenters. The number of allylic oxidation sites excluding steroid dienone is 1. The van der Waals surface area contributed by atoms with Crippen molar-refractivity contribution in [1.82, 2.24) is 0 Å². The molecule has 0 aromatic heterocycles. The molecule has 45 heavy (non-hydrogen) atoms. The third-order valence-electron chi connectivity index (χ3n) is 15.4. The number of phenolic OH excluding ortho intramolecular Hbond substituents is 1. The van der Waals surface area contributed by atoms with Crippen molar-refractivity contribution in [3.63, 3.8) is 0 Å². The van der Waals surface area contributed by atoms with Crippen molar-refractivity contribution in [3.8, 4) is 11.5 Å². The monoisotopic (exact) mass is 618 g/mol. The van der Waals surface area contributed by atoms with E-state index in [2.05, 4.69) is 55.0 Å². The first-order valence-corrected chi connectivity index (χ1v) is 17.6. The quantitative estimate of drug-likeness (QED) is 0.196. The van der Waals surface area contributed by atoms with Crippen LogP contribution in [-0.2, 0) is 9.53 Å². The van der Waals surface area contributed by atoms with Gasteiger partial charge in [-0.2, -0.15) is 0 Å². The van der Waals surface area contributed by atoms with E-state index in [0.717, 1.165) is 37.7 Å². The minimum atomic E-state index is -0.319. The summed E-state index contributed by atoms with van der Waals surface area (Å²) in [5, 5.41) is 21.8. The van der Waals surface area contributed by atoms with Crippen LogP contribution in [0.3, 0.4) is 0 Å². The van der Waals surface area contributed by atoms with E-state index < -0.39 is 0 Å². The fraction of sp³-hybridized carbons (Fsp3) is 0.725. The summed E-state index contributed by atoms with van der Waals surface area (Å²) in [6.07, 6.45) is 12.8. The Bertz CT molecular complexity index is 1380. The van der Waals surface area contributed by atoms with Gasteiger partial charge in [0.1, 0.15) is 6.10 Å². The molecular weight excluding hydrogens is 560 g/mol. The van der Waals surface area contributed by atoms with E-state index in [1.807, 2.05) is 0 Å². The van der Waals surface area contributed by atoms with Crippen molar-refractivity contribution in [1.29, 1.82) is 0 Å². The number of methoxy groups -OCH3 is 1. The highest BCUT2D eigenvalue weighted by atomic mass is 16.5. The minimum absolute atomic E-state index is 0.00478. The molecule has 248 valence electrons. The lowest BCUT2D eigenvalue weighted by atomic mass is 9.32. The second-order valence-electron chi connectivity index (χ2n) is 17.5. The molecule has 5 aliphatic rings. The van der Waals surface area contributed by atoms with Crippen LogP contribution in [0.2, 0.25) is 0 Å². The van der Waals surface area contributed by atoms with E-state index >= 15 is 0 Å². The summed E-state index contributed by atoms with van der Waals surface area (Å²) in [6, 6.07) is 5.03. The van der Waals surface area contributed by atoms with Crippen LogP contribution >= 0.6 is 0 Å². The molecule has 2 N–H and O–H groups in total. The van der Waals surface area contributed by atoms with Crippen molar-refractivity contribution in [3.05, 3.63) is 42.0 Å². The highest BCUT2D eigenvalue weighted by Crippen LogP contribution is 2.77. The Kier molecular flexibility index (Phi) is 7.90. The number of carbonyl (C=O) groups is 1. The predicted octanol–water partition coefficient (Wildman–Crippen LogP) is 8.97. The van der Waals surface area contributed by atoms with Gasteiger partial charge in [0.25, 0.3) is 0 Å². The molecule has 0 saturated heterocycles. The largest absolute Gasteiger partial charge is 0.504 e. The zero-order chi connectivity index (χ0) is 32.7. The molecule has 6 rings (SSSR count). The van der Waals surface area contributed by atoms with Gasteiger partial charge in [-0.3, -0.25) is 0 Å². The lowest BCUT2D eigenvalue weighted by molar-refractivity contribution is -0.262. The van der Waals surface area contributed by atoms with Gasteiger partial charge in [-0.05, 0) is 140 Å². The zero-order valence-corrected chi connectivity index (χ0v) is 29.1. The van der Waals surface area contributed by atoms with Crippen molar-refractivity contribution in [2.24, 2.45) is 56.7 Å². The Hall–Kier alpha value is -2.27. The Morgan fingerprint density at radius 2 is 1.64 bits per heavy atom.